The fourth-order valence-electron chi connectivity index (χ4n) is 9.98. The molecule has 16 heteroatoms. The van der Waals surface area contributed by atoms with E-state index >= 15 is 8.78 Å². The Labute approximate surface area is 345 Å². The van der Waals surface area contributed by atoms with Crippen molar-refractivity contribution in [2.75, 3.05) is 73.6 Å². The number of benzene rings is 3. The van der Waals surface area contributed by atoms with Crippen LogP contribution in [0.5, 0.6) is 0 Å². The number of anilines is 3. The summed E-state index contributed by atoms with van der Waals surface area (Å²) in [6, 6.07) is 14.3. The van der Waals surface area contributed by atoms with Crippen molar-refractivity contribution in [2.24, 2.45) is 5.41 Å². The third-order valence-electron chi connectivity index (χ3n) is 13.4. The summed E-state index contributed by atoms with van der Waals surface area (Å²) in [5.74, 6) is -4.19. The molecule has 6 aliphatic rings. The van der Waals surface area contributed by atoms with Gasteiger partial charge >= 0.3 is 0 Å². The minimum absolute atomic E-state index is 0.00774. The number of amides is 5. The fourth-order valence-corrected chi connectivity index (χ4v) is 10.2. The van der Waals surface area contributed by atoms with Gasteiger partial charge in [-0.1, -0.05) is 11.6 Å². The summed E-state index contributed by atoms with van der Waals surface area (Å²) in [7, 11) is 0. The second-order valence-electron chi connectivity index (χ2n) is 16.8. The molecule has 6 heterocycles. The van der Waals surface area contributed by atoms with Gasteiger partial charge in [0, 0.05) is 88.8 Å². The summed E-state index contributed by atoms with van der Waals surface area (Å²) in [6.45, 7) is 7.57. The number of nitrogens with zero attached hydrogens (tertiary/aromatic N) is 7. The van der Waals surface area contributed by atoms with Gasteiger partial charge in [0.25, 0.3) is 17.7 Å². The van der Waals surface area contributed by atoms with Gasteiger partial charge < -0.3 is 19.6 Å². The number of hydrogen-bond acceptors (Lipinski definition) is 10. The fraction of sp³-hybridized carbons (Fsp3) is 0.442. The first-order valence-electron chi connectivity index (χ1n) is 20.2. The van der Waals surface area contributed by atoms with E-state index in [2.05, 4.69) is 33.0 Å². The Balaban J connectivity index is 0.764. The van der Waals surface area contributed by atoms with Gasteiger partial charge in [-0.15, -0.1) is 0 Å². The van der Waals surface area contributed by atoms with Crippen LogP contribution < -0.4 is 20.0 Å². The maximum Gasteiger partial charge on any atom is 0.262 e. The minimum atomic E-state index is -1.13. The van der Waals surface area contributed by atoms with E-state index < -0.39 is 41.3 Å². The summed E-state index contributed by atoms with van der Waals surface area (Å²) >= 11 is 6.35. The molecule has 5 amide bonds. The van der Waals surface area contributed by atoms with Gasteiger partial charge in [-0.3, -0.25) is 39.1 Å². The van der Waals surface area contributed by atoms with Gasteiger partial charge in [0.15, 0.2) is 0 Å². The van der Waals surface area contributed by atoms with Crippen molar-refractivity contribution in [1.82, 2.24) is 20.0 Å². The number of fused-ring (bicyclic) bond motifs is 1. The second kappa shape index (κ2) is 14.9. The number of imide groups is 2. The molecule has 2 atom stereocenters. The molecule has 0 saturated carbocycles. The number of carbonyl (C=O) groups is 5. The molecule has 1 unspecified atom stereocenters. The molecule has 0 aromatic heterocycles. The minimum Gasteiger partial charge on any atom is -0.371 e. The molecule has 59 heavy (non-hydrogen) atoms. The van der Waals surface area contributed by atoms with Gasteiger partial charge in [0.05, 0.1) is 33.0 Å². The van der Waals surface area contributed by atoms with E-state index in [-0.39, 0.29) is 52.6 Å². The summed E-state index contributed by atoms with van der Waals surface area (Å²) in [6.07, 6.45) is 2.96. The largest absolute Gasteiger partial charge is 0.371 e. The number of hydrogen-bond donors (Lipinski definition) is 1. The summed E-state index contributed by atoms with van der Waals surface area (Å²) < 4.78 is 31.0. The molecule has 6 aliphatic heterocycles. The van der Waals surface area contributed by atoms with Crippen molar-refractivity contribution in [3.05, 3.63) is 87.4 Å². The van der Waals surface area contributed by atoms with Crippen molar-refractivity contribution in [3.63, 3.8) is 0 Å². The highest BCUT2D eigenvalue weighted by Gasteiger charge is 2.47. The molecular weight excluding hydrogens is 782 g/mol. The zero-order valence-electron chi connectivity index (χ0n) is 32.6. The lowest BCUT2D eigenvalue weighted by atomic mass is 9.76. The molecular formula is C43H43ClF2N8O5. The van der Waals surface area contributed by atoms with Gasteiger partial charge in [-0.2, -0.15) is 5.26 Å². The Kier molecular flexibility index (Phi) is 9.83. The van der Waals surface area contributed by atoms with Gasteiger partial charge in [-0.05, 0) is 86.6 Å². The van der Waals surface area contributed by atoms with E-state index in [0.717, 1.165) is 61.2 Å². The van der Waals surface area contributed by atoms with Gasteiger partial charge in [0.1, 0.15) is 23.7 Å². The van der Waals surface area contributed by atoms with Crippen LogP contribution in [0.4, 0.5) is 25.8 Å². The normalized spacial score (nSPS) is 23.5. The van der Waals surface area contributed by atoms with Crippen LogP contribution in [0.25, 0.3) is 0 Å². The third-order valence-corrected chi connectivity index (χ3v) is 13.7. The van der Waals surface area contributed by atoms with Crippen molar-refractivity contribution in [1.29, 1.82) is 5.26 Å². The SMILES string of the molecule is C[C@H]1CC2(CCN(c3ccc(C(=O)N4CCN(C5CN(c6cc7c(cc6F)C(=O)N(C6CCC(=O)NC6=O)C7=O)C5)CC4)c(F)c3)CC2)CN1c1ccc(C#N)c(Cl)c1. The Hall–Kier alpha value is -5.59. The van der Waals surface area contributed by atoms with E-state index in [1.54, 1.807) is 21.9 Å². The highest BCUT2D eigenvalue weighted by atomic mass is 35.5. The van der Waals surface area contributed by atoms with Crippen LogP contribution >= 0.6 is 11.6 Å². The number of piperazine rings is 1. The first kappa shape index (κ1) is 38.9. The Morgan fingerprint density at radius 2 is 1.56 bits per heavy atom. The quantitative estimate of drug-likeness (QED) is 0.356. The van der Waals surface area contributed by atoms with Gasteiger partial charge in [0.2, 0.25) is 11.8 Å². The van der Waals surface area contributed by atoms with Crippen molar-refractivity contribution in [2.45, 2.75) is 57.2 Å². The highest BCUT2D eigenvalue weighted by Crippen LogP contribution is 2.46. The van der Waals surface area contributed by atoms with Crippen LogP contribution in [0.1, 0.15) is 75.7 Å². The predicted octanol–water partition coefficient (Wildman–Crippen LogP) is 4.42. The molecule has 13 nitrogen and oxygen atoms in total. The van der Waals surface area contributed by atoms with Crippen LogP contribution in [0.3, 0.4) is 0 Å². The van der Waals surface area contributed by atoms with Crippen molar-refractivity contribution >= 4 is 58.2 Å². The van der Waals surface area contributed by atoms with Crippen LogP contribution in [0, 0.1) is 28.4 Å². The van der Waals surface area contributed by atoms with Crippen LogP contribution in [-0.2, 0) is 9.59 Å². The molecule has 0 aliphatic carbocycles. The van der Waals surface area contributed by atoms with Crippen molar-refractivity contribution < 1.29 is 32.8 Å². The number of nitriles is 1. The topological polar surface area (TPSA) is 141 Å². The predicted molar refractivity (Wildman–Crippen MR) is 214 cm³/mol. The maximum atomic E-state index is 15.6. The van der Waals surface area contributed by atoms with Crippen LogP contribution in [0.2, 0.25) is 5.02 Å². The zero-order chi connectivity index (χ0) is 41.3. The Morgan fingerprint density at radius 1 is 0.864 bits per heavy atom. The van der Waals surface area contributed by atoms with E-state index in [0.29, 0.717) is 55.9 Å². The number of carbonyl (C=O) groups excluding carboxylic acids is 5. The Bertz CT molecular complexity index is 2330. The smallest absolute Gasteiger partial charge is 0.262 e. The number of piperidine rings is 2. The molecule has 5 fully saturated rings. The maximum absolute atomic E-state index is 15.6. The summed E-state index contributed by atoms with van der Waals surface area (Å²) in [4.78, 5) is 75.0. The van der Waals surface area contributed by atoms with E-state index in [1.165, 1.54) is 12.1 Å². The van der Waals surface area contributed by atoms with E-state index in [9.17, 15) is 29.2 Å². The lowest BCUT2D eigenvalue weighted by Gasteiger charge is -2.49. The molecule has 1 N–H and O–H groups in total. The Morgan fingerprint density at radius 3 is 2.22 bits per heavy atom. The molecule has 0 radical (unpaired) electrons. The monoisotopic (exact) mass is 824 g/mol. The van der Waals surface area contributed by atoms with Gasteiger partial charge in [-0.25, -0.2) is 8.78 Å². The number of halogens is 3. The lowest BCUT2D eigenvalue weighted by molar-refractivity contribution is -0.136. The molecule has 9 rings (SSSR count). The molecule has 3 aromatic rings. The molecule has 5 saturated heterocycles. The molecule has 0 bridgehead atoms. The van der Waals surface area contributed by atoms with E-state index in [4.69, 9.17) is 11.6 Å². The van der Waals surface area contributed by atoms with Crippen LogP contribution in [0.15, 0.2) is 48.5 Å². The van der Waals surface area contributed by atoms with Crippen molar-refractivity contribution in [3.8, 4) is 6.07 Å². The zero-order valence-corrected chi connectivity index (χ0v) is 33.3. The number of nitrogens with one attached hydrogen (secondary N) is 1. The second-order valence-corrected chi connectivity index (χ2v) is 17.2. The standard InChI is InChI=1S/C43H43ClF2N8O5/c1-25-20-43(24-53(25)28-3-2-26(21-47)33(44)16-28)8-10-49(11-9-43)27-4-5-30(34(45)17-27)40(57)51-14-12-50(13-15-51)29-22-52(23-29)37-19-32-31(18-35(37)46)41(58)54(42(32)59)36-6-7-38(55)48-39(36)56/h2-5,16-19,25,29,36H,6-15,20,22-24H2,1H3,(H,48,55,56)/t25-,36?/m0/s1. The molecule has 306 valence electrons. The molecule has 3 aromatic carbocycles. The average Bonchev–Trinajstić information content (AvgIpc) is 3.65. The summed E-state index contributed by atoms with van der Waals surface area (Å²) in [5, 5.41) is 11.9. The lowest BCUT2D eigenvalue weighted by Crippen LogP contribution is -2.63. The number of rotatable bonds is 6. The first-order valence-corrected chi connectivity index (χ1v) is 20.5. The highest BCUT2D eigenvalue weighted by molar-refractivity contribution is 6.32. The first-order chi connectivity index (χ1) is 28.3. The average molecular weight is 825 g/mol. The van der Waals surface area contributed by atoms with E-state index in [1.807, 2.05) is 18.2 Å². The summed E-state index contributed by atoms with van der Waals surface area (Å²) in [5.41, 5.74) is 2.53. The van der Waals surface area contributed by atoms with Crippen LogP contribution in [-0.4, -0.2) is 121 Å². The third kappa shape index (κ3) is 6.85. The molecule has 1 spiro atoms.